The summed E-state index contributed by atoms with van der Waals surface area (Å²) in [6.07, 6.45) is 12.8. The number of unbranched alkanes of at least 4 members (excludes halogenated alkanes) is 6. The Bertz CT molecular complexity index is 881. The number of nitrogens with zero attached hydrogens (tertiary/aromatic N) is 1. The second-order valence-electron chi connectivity index (χ2n) is 10.5. The van der Waals surface area contributed by atoms with Gasteiger partial charge in [-0.05, 0) is 33.1 Å². The van der Waals surface area contributed by atoms with Gasteiger partial charge in [0.2, 0.25) is 5.91 Å². The number of carbonyl (C=O) groups is 1. The van der Waals surface area contributed by atoms with Crippen LogP contribution in [-0.4, -0.2) is 74.7 Å². The molecule has 2 saturated heterocycles. The fourth-order valence-electron chi connectivity index (χ4n) is 4.84. The van der Waals surface area contributed by atoms with Gasteiger partial charge in [-0.3, -0.25) is 18.4 Å². The third-order valence-electron chi connectivity index (χ3n) is 6.85. The zero-order chi connectivity index (χ0) is 28.3. The Morgan fingerprint density at radius 3 is 2.46 bits per heavy atom. The number of primary amides is 1. The Morgan fingerprint density at radius 2 is 1.74 bits per heavy atom. The molecule has 0 aromatic carbocycles. The molecule has 2 fully saturated rings. The Morgan fingerprint density at radius 1 is 1.05 bits per heavy atom. The minimum absolute atomic E-state index is 0.0963. The summed E-state index contributed by atoms with van der Waals surface area (Å²) in [6.45, 7) is 7.16. The molecule has 3 rings (SSSR count). The number of hydrogen-bond acceptors (Lipinski definition) is 10. The number of fused-ring (bicyclic) bond motifs is 1. The molecule has 1 amide bonds. The molecule has 3 heterocycles. The number of carbonyl (C=O) groups excluding carboxylic acids is 1. The zero-order valence-corrected chi connectivity index (χ0v) is 24.8. The molecule has 3 aliphatic rings. The first-order chi connectivity index (χ1) is 18.7. The number of nitrogens with two attached hydrogens (primary N) is 1. The van der Waals surface area contributed by atoms with Crippen molar-refractivity contribution in [1.82, 2.24) is 4.90 Å². The highest BCUT2D eigenvalue weighted by molar-refractivity contribution is 7.48. The summed E-state index contributed by atoms with van der Waals surface area (Å²) >= 11 is 0. The first-order valence-corrected chi connectivity index (χ1v) is 15.6. The molecule has 3 aliphatic heterocycles. The average molecular weight is 575 g/mol. The molecule has 0 aromatic heterocycles. The monoisotopic (exact) mass is 574 g/mol. The molecular weight excluding hydrogens is 527 g/mol. The molecule has 11 nitrogen and oxygen atoms in total. The molecule has 0 bridgehead atoms. The SMILES string of the molecule is CCCCCCCCCOCCCOP(=O)(OC)OCC1OC(N2C=CCC(C(N)=O)=C2)C2OC(C)(C)OC12. The van der Waals surface area contributed by atoms with Crippen molar-refractivity contribution in [3.05, 3.63) is 24.0 Å². The Balaban J connectivity index is 1.41. The fraction of sp³-hybridized carbons (Fsp3) is 0.815. The highest BCUT2D eigenvalue weighted by Crippen LogP contribution is 2.50. The van der Waals surface area contributed by atoms with Crippen LogP contribution in [0.5, 0.6) is 0 Å². The summed E-state index contributed by atoms with van der Waals surface area (Å²) in [5.41, 5.74) is 5.93. The van der Waals surface area contributed by atoms with Crippen LogP contribution in [0, 0.1) is 0 Å². The molecule has 12 heteroatoms. The summed E-state index contributed by atoms with van der Waals surface area (Å²) in [4.78, 5) is 13.4. The van der Waals surface area contributed by atoms with Gasteiger partial charge in [-0.1, -0.05) is 51.5 Å². The molecule has 39 heavy (non-hydrogen) atoms. The maximum atomic E-state index is 13.0. The van der Waals surface area contributed by atoms with Crippen molar-refractivity contribution in [1.29, 1.82) is 0 Å². The highest BCUT2D eigenvalue weighted by Gasteiger charge is 2.57. The number of amides is 1. The van der Waals surface area contributed by atoms with Crippen molar-refractivity contribution in [3.8, 4) is 0 Å². The largest absolute Gasteiger partial charge is 0.474 e. The van der Waals surface area contributed by atoms with Gasteiger partial charge in [-0.2, -0.15) is 0 Å². The lowest BCUT2D eigenvalue weighted by atomic mass is 10.1. The molecule has 224 valence electrons. The van der Waals surface area contributed by atoms with Crippen molar-refractivity contribution in [2.45, 2.75) is 109 Å². The van der Waals surface area contributed by atoms with Crippen LogP contribution in [0.15, 0.2) is 24.0 Å². The van der Waals surface area contributed by atoms with E-state index in [2.05, 4.69) is 6.92 Å². The standard InChI is InChI=1S/C27H47N2O9P/c1-5-6-7-8-9-10-11-16-33-17-13-18-34-39(31,32-4)35-20-22-23-24(38-27(2,3)37-23)26(36-22)29-15-12-14-21(19-29)25(28)30/h12,15,19,22-24,26H,5-11,13-14,16-18,20H2,1-4H3,(H2,28,30). The highest BCUT2D eigenvalue weighted by atomic mass is 31.2. The minimum Gasteiger partial charge on any atom is -0.381 e. The van der Waals surface area contributed by atoms with E-state index in [0.29, 0.717) is 25.0 Å². The number of rotatable bonds is 19. The molecule has 5 unspecified atom stereocenters. The topological polar surface area (TPSA) is 128 Å². The first-order valence-electron chi connectivity index (χ1n) is 14.2. The third-order valence-corrected chi connectivity index (χ3v) is 8.26. The molecule has 2 N–H and O–H groups in total. The smallest absolute Gasteiger partial charge is 0.381 e. The number of hydrogen-bond donors (Lipinski definition) is 1. The summed E-state index contributed by atoms with van der Waals surface area (Å²) in [5, 5.41) is 0. The molecule has 5 atom stereocenters. The summed E-state index contributed by atoms with van der Waals surface area (Å²) in [5.74, 6) is -1.34. The van der Waals surface area contributed by atoms with Gasteiger partial charge in [0, 0.05) is 38.3 Å². The van der Waals surface area contributed by atoms with Crippen LogP contribution in [0.1, 0.15) is 78.6 Å². The van der Waals surface area contributed by atoms with E-state index in [1.165, 1.54) is 45.6 Å². The van der Waals surface area contributed by atoms with E-state index in [0.717, 1.165) is 13.0 Å². The van der Waals surface area contributed by atoms with Gasteiger partial charge in [0.1, 0.15) is 18.3 Å². The van der Waals surface area contributed by atoms with Crippen molar-refractivity contribution in [3.63, 3.8) is 0 Å². The van der Waals surface area contributed by atoms with E-state index in [9.17, 15) is 9.36 Å². The Labute approximate surface area is 232 Å². The normalized spacial score (nSPS) is 27.4. The number of allylic oxidation sites excluding steroid dienone is 1. The zero-order valence-electron chi connectivity index (χ0n) is 23.9. The molecule has 0 aromatic rings. The van der Waals surface area contributed by atoms with Crippen LogP contribution in [0.3, 0.4) is 0 Å². The van der Waals surface area contributed by atoms with Crippen LogP contribution in [0.4, 0.5) is 0 Å². The van der Waals surface area contributed by atoms with Crippen LogP contribution in [-0.2, 0) is 41.9 Å². The van der Waals surface area contributed by atoms with E-state index in [4.69, 9.17) is 38.3 Å². The van der Waals surface area contributed by atoms with Crippen LogP contribution in [0.25, 0.3) is 0 Å². The maximum absolute atomic E-state index is 13.0. The van der Waals surface area contributed by atoms with Crippen molar-refractivity contribution < 1.29 is 41.9 Å². The Hall–Kier alpha value is -1.30. The van der Waals surface area contributed by atoms with E-state index in [1.54, 1.807) is 11.1 Å². The fourth-order valence-corrected chi connectivity index (χ4v) is 5.81. The molecule has 0 saturated carbocycles. The van der Waals surface area contributed by atoms with Gasteiger partial charge in [0.15, 0.2) is 12.0 Å². The van der Waals surface area contributed by atoms with Crippen LogP contribution >= 0.6 is 7.82 Å². The average Bonchev–Trinajstić information content (AvgIpc) is 3.41. The third kappa shape index (κ3) is 9.93. The number of ether oxygens (including phenoxy) is 4. The van der Waals surface area contributed by atoms with Crippen LogP contribution in [0.2, 0.25) is 0 Å². The number of phosphoric acid groups is 1. The van der Waals surface area contributed by atoms with Gasteiger partial charge in [0.25, 0.3) is 0 Å². The van der Waals surface area contributed by atoms with Gasteiger partial charge in [-0.15, -0.1) is 0 Å². The predicted octanol–water partition coefficient (Wildman–Crippen LogP) is 4.77. The van der Waals surface area contributed by atoms with Crippen molar-refractivity contribution in [2.24, 2.45) is 5.73 Å². The van der Waals surface area contributed by atoms with Crippen molar-refractivity contribution >= 4 is 13.7 Å². The van der Waals surface area contributed by atoms with Gasteiger partial charge < -0.3 is 29.6 Å². The predicted molar refractivity (Wildman–Crippen MR) is 145 cm³/mol. The summed E-state index contributed by atoms with van der Waals surface area (Å²) in [7, 11) is -2.53. The first kappa shape index (κ1) is 32.2. The summed E-state index contributed by atoms with van der Waals surface area (Å²) < 4.78 is 53.3. The van der Waals surface area contributed by atoms with Crippen molar-refractivity contribution in [2.75, 3.05) is 33.5 Å². The van der Waals surface area contributed by atoms with E-state index in [-0.39, 0.29) is 13.2 Å². The maximum Gasteiger partial charge on any atom is 0.474 e. The number of phosphoric ester groups is 1. The molecular formula is C27H47N2O9P. The van der Waals surface area contributed by atoms with E-state index >= 15 is 0 Å². The quantitative estimate of drug-likeness (QED) is 0.170. The van der Waals surface area contributed by atoms with E-state index < -0.39 is 44.1 Å². The van der Waals surface area contributed by atoms with Gasteiger partial charge >= 0.3 is 7.82 Å². The lowest BCUT2D eigenvalue weighted by molar-refractivity contribution is -0.201. The second-order valence-corrected chi connectivity index (χ2v) is 12.3. The minimum atomic E-state index is -3.81. The lowest BCUT2D eigenvalue weighted by Gasteiger charge is -2.31. The van der Waals surface area contributed by atoms with Gasteiger partial charge in [0.05, 0.1) is 13.2 Å². The van der Waals surface area contributed by atoms with Gasteiger partial charge in [-0.25, -0.2) is 4.57 Å². The van der Waals surface area contributed by atoms with Crippen LogP contribution < -0.4 is 5.73 Å². The molecule has 0 radical (unpaired) electrons. The Kier molecular flexibility index (Phi) is 12.9. The molecule has 0 aliphatic carbocycles. The lowest BCUT2D eigenvalue weighted by Crippen LogP contribution is -2.40. The summed E-state index contributed by atoms with van der Waals surface area (Å²) in [6, 6.07) is 0. The van der Waals surface area contributed by atoms with E-state index in [1.807, 2.05) is 26.1 Å². The second kappa shape index (κ2) is 15.6. The molecule has 0 spiro atoms.